The molecule has 1 heterocycles. The normalized spacial score (nSPS) is 12.7. The number of halogens is 3. The second-order valence-electron chi connectivity index (χ2n) is 5.56. The number of nitrogens with one attached hydrogen (secondary N) is 1. The van der Waals surface area contributed by atoms with Gasteiger partial charge in [0.1, 0.15) is 15.8 Å². The van der Waals surface area contributed by atoms with E-state index in [1.807, 2.05) is 0 Å². The predicted octanol–water partition coefficient (Wildman–Crippen LogP) is 3.41. The van der Waals surface area contributed by atoms with Crippen LogP contribution in [0.5, 0.6) is 5.75 Å². The van der Waals surface area contributed by atoms with Crippen molar-refractivity contribution in [2.45, 2.75) is 38.6 Å². The number of nitrogens with two attached hydrogens (primary N) is 1. The summed E-state index contributed by atoms with van der Waals surface area (Å²) < 4.78 is 40.5. The number of amides is 1. The van der Waals surface area contributed by atoms with Crippen LogP contribution in [-0.2, 0) is 4.79 Å². The summed E-state index contributed by atoms with van der Waals surface area (Å²) in [5.74, 6) is -0.475. The van der Waals surface area contributed by atoms with E-state index >= 15 is 0 Å². The highest BCUT2D eigenvalue weighted by atomic mass is 32.1. The molecule has 0 spiro atoms. The molecule has 0 unspecified atom stereocenters. The number of carbonyl (C=O) groups excluding carboxylic acids is 1. The Bertz CT molecular complexity index is 719. The van der Waals surface area contributed by atoms with Crippen molar-refractivity contribution in [1.82, 2.24) is 15.5 Å². The topological polar surface area (TPSA) is 90.1 Å². The van der Waals surface area contributed by atoms with Crippen molar-refractivity contribution in [1.29, 1.82) is 0 Å². The van der Waals surface area contributed by atoms with E-state index in [4.69, 9.17) is 5.73 Å². The second-order valence-corrected chi connectivity index (χ2v) is 6.56. The minimum atomic E-state index is -4.73. The maximum absolute atomic E-state index is 12.2. The van der Waals surface area contributed by atoms with Crippen LogP contribution in [-0.4, -0.2) is 29.0 Å². The number of aromatic nitrogens is 2. The van der Waals surface area contributed by atoms with Crippen LogP contribution in [0.3, 0.4) is 0 Å². The molecule has 0 aliphatic heterocycles. The summed E-state index contributed by atoms with van der Waals surface area (Å²) in [5.41, 5.74) is 6.11. The van der Waals surface area contributed by atoms with Gasteiger partial charge in [0, 0.05) is 12.5 Å². The summed E-state index contributed by atoms with van der Waals surface area (Å²) in [6.45, 7) is 2.00. The summed E-state index contributed by atoms with van der Waals surface area (Å²) in [6, 6.07) is 5.13. The van der Waals surface area contributed by atoms with Gasteiger partial charge in [-0.3, -0.25) is 4.79 Å². The van der Waals surface area contributed by atoms with E-state index < -0.39 is 6.36 Å². The van der Waals surface area contributed by atoms with Gasteiger partial charge in [0.25, 0.3) is 0 Å². The number of hydrogen-bond donors (Lipinski definition) is 2. The molecule has 1 aromatic carbocycles. The van der Waals surface area contributed by atoms with Crippen LogP contribution in [0.15, 0.2) is 24.3 Å². The van der Waals surface area contributed by atoms with Crippen molar-refractivity contribution in [3.63, 3.8) is 0 Å². The van der Waals surface area contributed by atoms with Crippen LogP contribution in [0, 0.1) is 0 Å². The maximum atomic E-state index is 12.2. The van der Waals surface area contributed by atoms with Gasteiger partial charge in [-0.05, 0) is 50.1 Å². The zero-order valence-electron chi connectivity index (χ0n) is 14.0. The molecule has 0 bridgehead atoms. The minimum absolute atomic E-state index is 0.173. The van der Waals surface area contributed by atoms with Gasteiger partial charge in [-0.15, -0.1) is 23.4 Å². The first kappa shape index (κ1) is 20.1. The second kappa shape index (κ2) is 8.95. The van der Waals surface area contributed by atoms with Gasteiger partial charge in [0.05, 0.1) is 6.04 Å². The van der Waals surface area contributed by atoms with Crippen LogP contribution < -0.4 is 15.8 Å². The number of ether oxygens (including phenoxy) is 1. The van der Waals surface area contributed by atoms with Gasteiger partial charge in [-0.1, -0.05) is 11.3 Å². The highest BCUT2D eigenvalue weighted by Crippen LogP contribution is 2.31. The smallest absolute Gasteiger partial charge is 0.406 e. The van der Waals surface area contributed by atoms with E-state index in [2.05, 4.69) is 20.3 Å². The molecule has 142 valence electrons. The number of nitrogens with zero attached hydrogens (tertiary/aromatic N) is 2. The zero-order chi connectivity index (χ0) is 19.2. The van der Waals surface area contributed by atoms with Gasteiger partial charge in [0.15, 0.2) is 0 Å². The van der Waals surface area contributed by atoms with Crippen LogP contribution in [0.1, 0.15) is 37.2 Å². The van der Waals surface area contributed by atoms with Gasteiger partial charge < -0.3 is 15.8 Å². The molecule has 1 atom stereocenters. The fourth-order valence-corrected chi connectivity index (χ4v) is 3.22. The Labute approximate surface area is 152 Å². The van der Waals surface area contributed by atoms with E-state index in [1.165, 1.54) is 42.5 Å². The summed E-state index contributed by atoms with van der Waals surface area (Å²) in [4.78, 5) is 11.4. The SMILES string of the molecule is CC(=O)N[C@@H](CCCCN)c1nnc(-c2ccc(OC(F)(F)F)cc2)s1. The Hall–Kier alpha value is -2.20. The Morgan fingerprint density at radius 3 is 2.54 bits per heavy atom. The van der Waals surface area contributed by atoms with Crippen molar-refractivity contribution < 1.29 is 22.7 Å². The van der Waals surface area contributed by atoms with Crippen molar-refractivity contribution in [2.75, 3.05) is 6.54 Å². The highest BCUT2D eigenvalue weighted by molar-refractivity contribution is 7.14. The summed E-state index contributed by atoms with van der Waals surface area (Å²) in [7, 11) is 0. The molecule has 26 heavy (non-hydrogen) atoms. The lowest BCUT2D eigenvalue weighted by Crippen LogP contribution is -2.26. The monoisotopic (exact) mass is 388 g/mol. The van der Waals surface area contributed by atoms with Crippen molar-refractivity contribution >= 4 is 17.2 Å². The average Bonchev–Trinajstić information content (AvgIpc) is 3.03. The first-order valence-electron chi connectivity index (χ1n) is 7.95. The van der Waals surface area contributed by atoms with E-state index in [0.717, 1.165) is 12.8 Å². The molecule has 0 aliphatic rings. The quantitative estimate of drug-likeness (QED) is 0.677. The highest BCUT2D eigenvalue weighted by Gasteiger charge is 2.31. The average molecular weight is 388 g/mol. The number of unbranched alkanes of at least 4 members (excludes halogenated alkanes) is 1. The molecule has 6 nitrogen and oxygen atoms in total. The number of hydrogen-bond acceptors (Lipinski definition) is 6. The van der Waals surface area contributed by atoms with Crippen molar-refractivity contribution in [3.8, 4) is 16.3 Å². The number of rotatable bonds is 8. The zero-order valence-corrected chi connectivity index (χ0v) is 14.9. The van der Waals surface area contributed by atoms with Gasteiger partial charge in [0.2, 0.25) is 5.91 Å². The van der Waals surface area contributed by atoms with Crippen LogP contribution >= 0.6 is 11.3 Å². The Morgan fingerprint density at radius 2 is 1.96 bits per heavy atom. The largest absolute Gasteiger partial charge is 0.573 e. The minimum Gasteiger partial charge on any atom is -0.406 e. The van der Waals surface area contributed by atoms with Gasteiger partial charge >= 0.3 is 6.36 Å². The molecule has 0 radical (unpaired) electrons. The number of alkyl halides is 3. The molecular weight excluding hydrogens is 369 g/mol. The fourth-order valence-electron chi connectivity index (χ4n) is 2.29. The van der Waals surface area contributed by atoms with Gasteiger partial charge in [-0.25, -0.2) is 0 Å². The van der Waals surface area contributed by atoms with Crippen molar-refractivity contribution in [2.24, 2.45) is 5.73 Å². The maximum Gasteiger partial charge on any atom is 0.573 e. The van der Waals surface area contributed by atoms with Crippen LogP contribution in [0.2, 0.25) is 0 Å². The fraction of sp³-hybridized carbons (Fsp3) is 0.438. The molecule has 2 rings (SSSR count). The summed E-state index contributed by atoms with van der Waals surface area (Å²) in [6.07, 6.45) is -2.38. The molecule has 10 heteroatoms. The predicted molar refractivity (Wildman–Crippen MR) is 91.5 cm³/mol. The molecule has 0 fully saturated rings. The molecule has 0 aliphatic carbocycles. The molecule has 2 aromatic rings. The number of carbonyl (C=O) groups is 1. The standard InChI is InChI=1S/C16H19F3N4O2S/c1-10(24)21-13(4-2-3-9-20)15-23-22-14(26-15)11-5-7-12(8-6-11)25-16(17,18)19/h5-8,13H,2-4,9,20H2,1H3,(H,21,24)/t13-/m0/s1. The van der Waals surface area contributed by atoms with Gasteiger partial charge in [-0.2, -0.15) is 0 Å². The van der Waals surface area contributed by atoms with Crippen LogP contribution in [0.4, 0.5) is 13.2 Å². The lowest BCUT2D eigenvalue weighted by Gasteiger charge is -2.14. The molecular formula is C16H19F3N4O2S. The van der Waals surface area contributed by atoms with E-state index in [-0.39, 0.29) is 17.7 Å². The number of benzene rings is 1. The lowest BCUT2D eigenvalue weighted by atomic mass is 10.1. The molecule has 0 saturated carbocycles. The third-order valence-electron chi connectivity index (χ3n) is 3.40. The lowest BCUT2D eigenvalue weighted by molar-refractivity contribution is -0.274. The van der Waals surface area contributed by atoms with E-state index in [1.54, 1.807) is 0 Å². The summed E-state index contributed by atoms with van der Waals surface area (Å²) >= 11 is 1.28. The van der Waals surface area contributed by atoms with E-state index in [0.29, 0.717) is 28.5 Å². The molecule has 1 amide bonds. The first-order chi connectivity index (χ1) is 12.3. The van der Waals surface area contributed by atoms with E-state index in [9.17, 15) is 18.0 Å². The van der Waals surface area contributed by atoms with Crippen molar-refractivity contribution in [3.05, 3.63) is 29.3 Å². The summed E-state index contributed by atoms with van der Waals surface area (Å²) in [5, 5.41) is 12.2. The third kappa shape index (κ3) is 6.26. The molecule has 0 saturated heterocycles. The Morgan fingerprint density at radius 1 is 1.27 bits per heavy atom. The molecule has 3 N–H and O–H groups in total. The Balaban J connectivity index is 2.12. The molecule has 1 aromatic heterocycles. The third-order valence-corrected chi connectivity index (χ3v) is 4.48. The first-order valence-corrected chi connectivity index (χ1v) is 8.77. The Kier molecular flexibility index (Phi) is 6.92. The van der Waals surface area contributed by atoms with Crippen LogP contribution in [0.25, 0.3) is 10.6 Å².